The molecule has 0 aromatic carbocycles. The molecule has 1 unspecified atom stereocenters. The van der Waals surface area contributed by atoms with E-state index in [0.717, 1.165) is 13.0 Å². The second-order valence-corrected chi connectivity index (χ2v) is 4.03. The smallest absolute Gasteiger partial charge is 0.0690 e. The Morgan fingerprint density at radius 1 is 1.54 bits per heavy atom. The Labute approximate surface area is 80.5 Å². The average molecular weight is 187 g/mol. The number of ether oxygens (including phenoxy) is 1. The highest BCUT2D eigenvalue weighted by molar-refractivity contribution is 4.89. The molecule has 2 N–H and O–H groups in total. The van der Waals surface area contributed by atoms with E-state index in [-0.39, 0.29) is 18.2 Å². The summed E-state index contributed by atoms with van der Waals surface area (Å²) < 4.78 is 5.49. The number of hydrogen-bond donors (Lipinski definition) is 2. The fraction of sp³-hybridized carbons (Fsp3) is 1.00. The minimum absolute atomic E-state index is 0.155. The third-order valence-corrected chi connectivity index (χ3v) is 3.05. The number of nitrogens with one attached hydrogen (secondary N) is 1. The van der Waals surface area contributed by atoms with E-state index in [0.29, 0.717) is 0 Å². The van der Waals surface area contributed by atoms with E-state index in [1.807, 2.05) is 6.92 Å². The van der Waals surface area contributed by atoms with Gasteiger partial charge in [-0.2, -0.15) is 0 Å². The van der Waals surface area contributed by atoms with Crippen molar-refractivity contribution in [3.63, 3.8) is 0 Å². The van der Waals surface area contributed by atoms with E-state index in [1.165, 1.54) is 19.3 Å². The van der Waals surface area contributed by atoms with Gasteiger partial charge < -0.3 is 15.2 Å². The number of aliphatic hydroxyl groups is 1. The van der Waals surface area contributed by atoms with Gasteiger partial charge in [0.05, 0.1) is 12.2 Å². The molecule has 1 rings (SSSR count). The SMILES string of the molecule is COC1(CCNC(C)CO)CCC1. The zero-order valence-electron chi connectivity index (χ0n) is 8.68. The third kappa shape index (κ3) is 2.93. The van der Waals surface area contributed by atoms with Crippen LogP contribution < -0.4 is 5.32 Å². The number of hydrogen-bond acceptors (Lipinski definition) is 3. The van der Waals surface area contributed by atoms with Crippen molar-refractivity contribution in [3.8, 4) is 0 Å². The van der Waals surface area contributed by atoms with Crippen molar-refractivity contribution in [3.05, 3.63) is 0 Å². The van der Waals surface area contributed by atoms with Crippen molar-refractivity contribution in [2.75, 3.05) is 20.3 Å². The minimum atomic E-state index is 0.155. The molecule has 3 nitrogen and oxygen atoms in total. The Morgan fingerprint density at radius 3 is 2.62 bits per heavy atom. The lowest BCUT2D eigenvalue weighted by Gasteiger charge is -2.40. The lowest BCUT2D eigenvalue weighted by Crippen LogP contribution is -2.43. The molecule has 1 atom stereocenters. The van der Waals surface area contributed by atoms with Gasteiger partial charge in [0.25, 0.3) is 0 Å². The van der Waals surface area contributed by atoms with Gasteiger partial charge in [0.2, 0.25) is 0 Å². The number of rotatable bonds is 6. The maximum absolute atomic E-state index is 8.80. The summed E-state index contributed by atoms with van der Waals surface area (Å²) in [5.74, 6) is 0. The van der Waals surface area contributed by atoms with E-state index in [1.54, 1.807) is 7.11 Å². The van der Waals surface area contributed by atoms with Crippen LogP contribution in [-0.4, -0.2) is 37.0 Å². The third-order valence-electron chi connectivity index (χ3n) is 3.05. The molecule has 0 saturated heterocycles. The van der Waals surface area contributed by atoms with Gasteiger partial charge in [0.15, 0.2) is 0 Å². The highest BCUT2D eigenvalue weighted by atomic mass is 16.5. The molecule has 0 amide bonds. The molecule has 0 aromatic heterocycles. The second kappa shape index (κ2) is 4.94. The molecule has 3 heteroatoms. The van der Waals surface area contributed by atoms with Crippen molar-refractivity contribution in [1.29, 1.82) is 0 Å². The highest BCUT2D eigenvalue weighted by Gasteiger charge is 2.36. The Hall–Kier alpha value is -0.120. The second-order valence-electron chi connectivity index (χ2n) is 4.03. The predicted molar refractivity (Wildman–Crippen MR) is 52.8 cm³/mol. The molecule has 1 aliphatic carbocycles. The number of aliphatic hydroxyl groups excluding tert-OH is 1. The zero-order valence-corrected chi connectivity index (χ0v) is 8.68. The number of methoxy groups -OCH3 is 1. The first-order chi connectivity index (χ1) is 6.22. The van der Waals surface area contributed by atoms with Crippen LogP contribution in [0.5, 0.6) is 0 Å². The molecule has 13 heavy (non-hydrogen) atoms. The van der Waals surface area contributed by atoms with Crippen LogP contribution in [0.25, 0.3) is 0 Å². The van der Waals surface area contributed by atoms with Gasteiger partial charge in [-0.3, -0.25) is 0 Å². The van der Waals surface area contributed by atoms with E-state index < -0.39 is 0 Å². The van der Waals surface area contributed by atoms with Crippen molar-refractivity contribution in [2.24, 2.45) is 0 Å². The molecule has 0 aromatic rings. The summed E-state index contributed by atoms with van der Waals surface area (Å²) >= 11 is 0. The summed E-state index contributed by atoms with van der Waals surface area (Å²) in [5, 5.41) is 12.1. The quantitative estimate of drug-likeness (QED) is 0.649. The van der Waals surface area contributed by atoms with Crippen LogP contribution in [-0.2, 0) is 4.74 Å². The van der Waals surface area contributed by atoms with E-state index in [2.05, 4.69) is 5.32 Å². The zero-order chi connectivity index (χ0) is 9.73. The standard InChI is InChI=1S/C10H21NO2/c1-9(8-12)11-7-6-10(13-2)4-3-5-10/h9,11-12H,3-8H2,1-2H3. The molecule has 0 bridgehead atoms. The molecule has 1 fully saturated rings. The van der Waals surface area contributed by atoms with Gasteiger partial charge in [-0.25, -0.2) is 0 Å². The van der Waals surface area contributed by atoms with E-state index >= 15 is 0 Å². The normalized spacial score (nSPS) is 22.4. The first kappa shape index (κ1) is 11.0. The van der Waals surface area contributed by atoms with Gasteiger partial charge in [-0.1, -0.05) is 0 Å². The van der Waals surface area contributed by atoms with Crippen LogP contribution in [0.15, 0.2) is 0 Å². The molecular formula is C10H21NO2. The van der Waals surface area contributed by atoms with Gasteiger partial charge in [-0.05, 0) is 39.2 Å². The maximum Gasteiger partial charge on any atom is 0.0690 e. The van der Waals surface area contributed by atoms with Crippen molar-refractivity contribution < 1.29 is 9.84 Å². The first-order valence-electron chi connectivity index (χ1n) is 5.12. The molecule has 1 aliphatic rings. The molecule has 0 radical (unpaired) electrons. The summed E-state index contributed by atoms with van der Waals surface area (Å²) in [5.41, 5.74) is 0.155. The van der Waals surface area contributed by atoms with Crippen LogP contribution in [0, 0.1) is 0 Å². The van der Waals surface area contributed by atoms with Gasteiger partial charge >= 0.3 is 0 Å². The van der Waals surface area contributed by atoms with Crippen molar-refractivity contribution in [1.82, 2.24) is 5.32 Å². The lowest BCUT2D eigenvalue weighted by molar-refractivity contribution is -0.0771. The summed E-state index contributed by atoms with van der Waals surface area (Å²) in [7, 11) is 1.80. The van der Waals surface area contributed by atoms with E-state index in [9.17, 15) is 0 Å². The first-order valence-corrected chi connectivity index (χ1v) is 5.12. The van der Waals surface area contributed by atoms with Gasteiger partial charge in [0, 0.05) is 13.2 Å². The van der Waals surface area contributed by atoms with Gasteiger partial charge in [-0.15, -0.1) is 0 Å². The monoisotopic (exact) mass is 187 g/mol. The fourth-order valence-corrected chi connectivity index (χ4v) is 1.74. The Morgan fingerprint density at radius 2 is 2.23 bits per heavy atom. The molecule has 0 aliphatic heterocycles. The topological polar surface area (TPSA) is 41.5 Å². The summed E-state index contributed by atoms with van der Waals surface area (Å²) in [6, 6.07) is 0.203. The average Bonchev–Trinajstić information content (AvgIpc) is 2.09. The predicted octanol–water partition coefficient (Wildman–Crippen LogP) is 0.916. The summed E-state index contributed by atoms with van der Waals surface area (Å²) in [6.07, 6.45) is 4.74. The largest absolute Gasteiger partial charge is 0.395 e. The van der Waals surface area contributed by atoms with Crippen molar-refractivity contribution in [2.45, 2.75) is 44.2 Å². The Kier molecular flexibility index (Phi) is 4.16. The Bertz CT molecular complexity index is 140. The lowest BCUT2D eigenvalue weighted by atomic mass is 9.77. The molecule has 78 valence electrons. The summed E-state index contributed by atoms with van der Waals surface area (Å²) in [4.78, 5) is 0. The molecule has 1 saturated carbocycles. The van der Waals surface area contributed by atoms with Crippen molar-refractivity contribution >= 4 is 0 Å². The summed E-state index contributed by atoms with van der Waals surface area (Å²) in [6.45, 7) is 3.13. The van der Waals surface area contributed by atoms with Crippen LogP contribution in [0.4, 0.5) is 0 Å². The maximum atomic E-state index is 8.80. The van der Waals surface area contributed by atoms with Crippen LogP contribution in [0.1, 0.15) is 32.6 Å². The van der Waals surface area contributed by atoms with Crippen LogP contribution >= 0.6 is 0 Å². The molecular weight excluding hydrogens is 166 g/mol. The fourth-order valence-electron chi connectivity index (χ4n) is 1.74. The van der Waals surface area contributed by atoms with Crippen LogP contribution in [0.2, 0.25) is 0 Å². The highest BCUT2D eigenvalue weighted by Crippen LogP contribution is 2.37. The minimum Gasteiger partial charge on any atom is -0.395 e. The molecule has 0 heterocycles. The van der Waals surface area contributed by atoms with Gasteiger partial charge in [0.1, 0.15) is 0 Å². The van der Waals surface area contributed by atoms with E-state index in [4.69, 9.17) is 9.84 Å². The molecule has 0 spiro atoms. The van der Waals surface area contributed by atoms with Crippen LogP contribution in [0.3, 0.4) is 0 Å². The Balaban J connectivity index is 2.10.